The number of carbonyl (C=O) groups is 4. The molecule has 0 fully saturated rings. The van der Waals surface area contributed by atoms with E-state index in [4.69, 9.17) is 9.47 Å². The van der Waals surface area contributed by atoms with Crippen molar-refractivity contribution in [3.8, 4) is 0 Å². The molecule has 0 aromatic heterocycles. The lowest BCUT2D eigenvalue weighted by molar-refractivity contribution is -0.151. The van der Waals surface area contributed by atoms with Gasteiger partial charge in [0.05, 0.1) is 0 Å². The van der Waals surface area contributed by atoms with Crippen molar-refractivity contribution in [2.24, 2.45) is 0 Å². The van der Waals surface area contributed by atoms with Crippen molar-refractivity contribution in [2.75, 3.05) is 63.9 Å². The zero-order chi connectivity index (χ0) is 57.8. The fourth-order valence-corrected chi connectivity index (χ4v) is 11.2. The molecular weight excluding hydrogens is 1020 g/mol. The van der Waals surface area contributed by atoms with Crippen LogP contribution >= 0.6 is 25.3 Å². The summed E-state index contributed by atoms with van der Waals surface area (Å²) in [5.41, 5.74) is 0. The maximum absolute atomic E-state index is 12.9. The Kier molecular flexibility index (Phi) is 61.4. The SMILES string of the molecule is CCCCCCCCC(CCCCCCCC)OC(=O)CCCCCCCN(CCCCCS)CCNC(=O)CC(=O)NCCN(CCCCCS)CCCCCCCC(=O)OC(CCCCCCCC)CCCCCCCC. The van der Waals surface area contributed by atoms with Crippen LogP contribution in [0.3, 0.4) is 0 Å². The third-order valence-electron chi connectivity index (χ3n) is 15.9. The molecule has 0 aromatic carbocycles. The van der Waals surface area contributed by atoms with Crippen LogP contribution in [0.5, 0.6) is 0 Å². The summed E-state index contributed by atoms with van der Waals surface area (Å²) < 4.78 is 12.2. The second-order valence-electron chi connectivity index (χ2n) is 23.6. The number of thiol groups is 2. The van der Waals surface area contributed by atoms with Crippen molar-refractivity contribution in [2.45, 2.75) is 342 Å². The van der Waals surface area contributed by atoms with E-state index in [1.54, 1.807) is 0 Å². The summed E-state index contributed by atoms with van der Waals surface area (Å²) in [5.74, 6) is 1.35. The van der Waals surface area contributed by atoms with Crippen LogP contribution in [0.15, 0.2) is 0 Å². The van der Waals surface area contributed by atoms with Gasteiger partial charge in [-0.3, -0.25) is 19.2 Å². The van der Waals surface area contributed by atoms with Crippen LogP contribution in [-0.2, 0) is 28.7 Å². The first-order valence-corrected chi connectivity index (χ1v) is 35.6. The number of carbonyl (C=O) groups excluding carboxylic acids is 4. The van der Waals surface area contributed by atoms with Gasteiger partial charge in [0.2, 0.25) is 11.8 Å². The Hall–Kier alpha value is -1.50. The predicted octanol–water partition coefficient (Wildman–Crippen LogP) is 17.9. The van der Waals surface area contributed by atoms with E-state index in [0.717, 1.165) is 205 Å². The largest absolute Gasteiger partial charge is 0.462 e. The lowest BCUT2D eigenvalue weighted by atomic mass is 10.0. The molecule has 0 aliphatic carbocycles. The highest BCUT2D eigenvalue weighted by atomic mass is 32.1. The highest BCUT2D eigenvalue weighted by Gasteiger charge is 2.17. The molecule has 10 nitrogen and oxygen atoms in total. The Balaban J connectivity index is 4.67. The molecule has 0 saturated heterocycles. The van der Waals surface area contributed by atoms with Gasteiger partial charge in [0.25, 0.3) is 0 Å². The Morgan fingerprint density at radius 1 is 0.329 bits per heavy atom. The maximum atomic E-state index is 12.9. The van der Waals surface area contributed by atoms with Crippen molar-refractivity contribution >= 4 is 49.0 Å². The van der Waals surface area contributed by atoms with Gasteiger partial charge in [-0.15, -0.1) is 0 Å². The monoisotopic (exact) mass is 1150 g/mol. The standard InChI is InChI=1S/C67H132N4O6S2/c1-5-9-13-17-23-33-45-62(46-34-24-18-14-10-6-2)76-66(74)49-37-27-21-29-39-53-70(55-41-31-43-59-78)57-51-68-64(72)61-65(73)69-52-58-71(56-42-32-44-60-79)54-40-30-22-28-38-50-67(75)77-63(47-35-25-19-15-11-7-3)48-36-26-20-16-12-8-4/h62-63,78-79H,5-61H2,1-4H3,(H,68,72)(H,69,73). The second kappa shape index (κ2) is 62.5. The summed E-state index contributed by atoms with van der Waals surface area (Å²) in [6.07, 6.45) is 52.8. The van der Waals surface area contributed by atoms with Crippen molar-refractivity contribution in [3.63, 3.8) is 0 Å². The van der Waals surface area contributed by atoms with Crippen LogP contribution in [0.25, 0.3) is 0 Å². The van der Waals surface area contributed by atoms with Gasteiger partial charge in [0, 0.05) is 39.0 Å². The van der Waals surface area contributed by atoms with Crippen molar-refractivity contribution in [1.29, 1.82) is 0 Å². The zero-order valence-electron chi connectivity index (χ0n) is 52.7. The number of ether oxygens (including phenoxy) is 2. The molecule has 0 radical (unpaired) electrons. The number of unbranched alkanes of at least 4 members (excludes halogenated alkanes) is 32. The average molecular weight is 1150 g/mol. The smallest absolute Gasteiger partial charge is 0.306 e. The number of nitrogens with one attached hydrogen (secondary N) is 2. The zero-order valence-corrected chi connectivity index (χ0v) is 54.5. The summed E-state index contributed by atoms with van der Waals surface area (Å²) >= 11 is 8.81. The first-order valence-electron chi connectivity index (χ1n) is 34.3. The van der Waals surface area contributed by atoms with E-state index in [2.05, 4.69) is 73.4 Å². The molecule has 0 aliphatic rings. The van der Waals surface area contributed by atoms with E-state index >= 15 is 0 Å². The number of nitrogens with zero attached hydrogens (tertiary/aromatic N) is 2. The van der Waals surface area contributed by atoms with Gasteiger partial charge in [-0.25, -0.2) is 0 Å². The summed E-state index contributed by atoms with van der Waals surface area (Å²) in [6, 6.07) is 0. The molecule has 0 saturated carbocycles. The average Bonchev–Trinajstić information content (AvgIpc) is 3.43. The van der Waals surface area contributed by atoms with Crippen LogP contribution in [0.2, 0.25) is 0 Å². The molecule has 0 atom stereocenters. The van der Waals surface area contributed by atoms with Gasteiger partial charge < -0.3 is 29.9 Å². The molecule has 0 heterocycles. The molecule has 2 N–H and O–H groups in total. The fraction of sp³-hybridized carbons (Fsp3) is 0.940. The van der Waals surface area contributed by atoms with Gasteiger partial charge in [0.15, 0.2) is 0 Å². The minimum atomic E-state index is -0.222. The topological polar surface area (TPSA) is 117 Å². The van der Waals surface area contributed by atoms with Crippen LogP contribution < -0.4 is 10.6 Å². The van der Waals surface area contributed by atoms with E-state index in [0.29, 0.717) is 25.9 Å². The van der Waals surface area contributed by atoms with Crippen molar-refractivity contribution in [1.82, 2.24) is 20.4 Å². The molecule has 0 bridgehead atoms. The second-order valence-corrected chi connectivity index (χ2v) is 24.5. The first kappa shape index (κ1) is 77.5. The number of rotatable bonds is 64. The highest BCUT2D eigenvalue weighted by Crippen LogP contribution is 2.21. The number of hydrogen-bond acceptors (Lipinski definition) is 10. The number of amides is 2. The van der Waals surface area contributed by atoms with Crippen LogP contribution in [0, 0.1) is 0 Å². The van der Waals surface area contributed by atoms with Gasteiger partial charge in [-0.1, -0.05) is 207 Å². The third-order valence-corrected chi connectivity index (χ3v) is 16.5. The lowest BCUT2D eigenvalue weighted by Gasteiger charge is -2.23. The minimum absolute atomic E-state index is 0.00625. The van der Waals surface area contributed by atoms with Crippen molar-refractivity contribution < 1.29 is 28.7 Å². The van der Waals surface area contributed by atoms with E-state index < -0.39 is 0 Å². The van der Waals surface area contributed by atoms with E-state index in [-0.39, 0.29) is 42.4 Å². The van der Waals surface area contributed by atoms with Crippen LogP contribution in [0.4, 0.5) is 0 Å². The summed E-state index contributed by atoms with van der Waals surface area (Å²) in [4.78, 5) is 56.5. The third kappa shape index (κ3) is 56.7. The molecule has 0 aliphatic heterocycles. The normalized spacial score (nSPS) is 11.7. The predicted molar refractivity (Wildman–Crippen MR) is 346 cm³/mol. The number of esters is 2. The Morgan fingerprint density at radius 3 is 0.873 bits per heavy atom. The van der Waals surface area contributed by atoms with Gasteiger partial charge in [-0.05, 0) is 140 Å². The Labute approximate surface area is 501 Å². The molecule has 2 amide bonds. The van der Waals surface area contributed by atoms with E-state index in [1.807, 2.05) is 0 Å². The highest BCUT2D eigenvalue weighted by molar-refractivity contribution is 7.80. The van der Waals surface area contributed by atoms with E-state index in [1.165, 1.54) is 128 Å². The first-order chi connectivity index (χ1) is 38.7. The molecular formula is C67H132N4O6S2. The van der Waals surface area contributed by atoms with Gasteiger partial charge in [0.1, 0.15) is 18.6 Å². The quantitative estimate of drug-likeness (QED) is 0.0206. The summed E-state index contributed by atoms with van der Waals surface area (Å²) in [6.45, 7) is 15.6. The summed E-state index contributed by atoms with van der Waals surface area (Å²) in [7, 11) is 0. The molecule has 12 heteroatoms. The Bertz CT molecular complexity index is 1200. The van der Waals surface area contributed by atoms with Gasteiger partial charge in [-0.2, -0.15) is 25.3 Å². The fourth-order valence-electron chi connectivity index (χ4n) is 10.8. The van der Waals surface area contributed by atoms with Gasteiger partial charge >= 0.3 is 11.9 Å². The summed E-state index contributed by atoms with van der Waals surface area (Å²) in [5, 5.41) is 6.04. The molecule has 0 rings (SSSR count). The molecule has 0 spiro atoms. The Morgan fingerprint density at radius 2 is 0.582 bits per heavy atom. The van der Waals surface area contributed by atoms with Crippen LogP contribution in [-0.4, -0.2) is 110 Å². The van der Waals surface area contributed by atoms with Crippen LogP contribution in [0.1, 0.15) is 329 Å². The molecule has 0 aromatic rings. The lowest BCUT2D eigenvalue weighted by Crippen LogP contribution is -2.40. The molecule has 0 unspecified atom stereocenters. The van der Waals surface area contributed by atoms with E-state index in [9.17, 15) is 19.2 Å². The van der Waals surface area contributed by atoms with Crippen molar-refractivity contribution in [3.05, 3.63) is 0 Å². The molecule has 79 heavy (non-hydrogen) atoms. The number of hydrogen-bond donors (Lipinski definition) is 4. The molecule has 468 valence electrons. The maximum Gasteiger partial charge on any atom is 0.306 e. The minimum Gasteiger partial charge on any atom is -0.462 e.